The number of ketones is 1. The van der Waals surface area contributed by atoms with Crippen molar-refractivity contribution in [3.8, 4) is 0 Å². The molecule has 8 heteroatoms. The molecule has 0 aromatic heterocycles. The Bertz CT molecular complexity index is 1400. The number of sulfonamides is 1. The number of carbonyl (C=O) groups is 2. The zero-order chi connectivity index (χ0) is 23.6. The first-order valence-electron chi connectivity index (χ1n) is 9.90. The van der Waals surface area contributed by atoms with Gasteiger partial charge in [-0.2, -0.15) is 0 Å². The Hall–Kier alpha value is -3.49. The molecule has 0 saturated heterocycles. The van der Waals surface area contributed by atoms with E-state index in [0.717, 1.165) is 4.31 Å². The third-order valence-corrected chi connectivity index (χ3v) is 7.51. The second kappa shape index (κ2) is 9.17. The quantitative estimate of drug-likeness (QED) is 0.256. The van der Waals surface area contributed by atoms with Crippen molar-refractivity contribution in [2.75, 3.05) is 6.54 Å². The lowest BCUT2D eigenvalue weighted by Gasteiger charge is -2.32. The second-order valence-electron chi connectivity index (χ2n) is 7.06. The minimum Gasteiger partial charge on any atom is -0.420 e. The summed E-state index contributed by atoms with van der Waals surface area (Å²) < 4.78 is 34.1. The summed E-state index contributed by atoms with van der Waals surface area (Å²) in [6, 6.07) is 21.0. The molecule has 0 N–H and O–H groups in total. The van der Waals surface area contributed by atoms with Crippen molar-refractivity contribution in [3.63, 3.8) is 0 Å². The molecular formula is C25H18BrNO5S. The number of rotatable bonds is 6. The maximum Gasteiger partial charge on any atom is 0.344 e. The highest BCUT2D eigenvalue weighted by molar-refractivity contribution is 9.10. The molecule has 1 aliphatic heterocycles. The van der Waals surface area contributed by atoms with Gasteiger partial charge in [0.1, 0.15) is 5.70 Å². The van der Waals surface area contributed by atoms with Crippen LogP contribution in [-0.4, -0.2) is 31.0 Å². The molecule has 1 aliphatic rings. The molecule has 33 heavy (non-hydrogen) atoms. The van der Waals surface area contributed by atoms with Crippen LogP contribution in [0.5, 0.6) is 0 Å². The number of allylic oxidation sites excluding steroid dienone is 1. The van der Waals surface area contributed by atoms with Crippen molar-refractivity contribution in [2.24, 2.45) is 0 Å². The summed E-state index contributed by atoms with van der Waals surface area (Å²) in [6.07, 6.45) is 1.37. The molecule has 0 bridgehead atoms. The van der Waals surface area contributed by atoms with E-state index in [2.05, 4.69) is 22.5 Å². The van der Waals surface area contributed by atoms with Crippen LogP contribution in [0.1, 0.15) is 26.3 Å². The monoisotopic (exact) mass is 523 g/mol. The summed E-state index contributed by atoms with van der Waals surface area (Å²) in [4.78, 5) is 26.6. The van der Waals surface area contributed by atoms with Crippen molar-refractivity contribution in [1.82, 2.24) is 4.31 Å². The highest BCUT2D eigenvalue weighted by Gasteiger charge is 2.41. The summed E-state index contributed by atoms with van der Waals surface area (Å²) in [5.74, 6) is -1.45. The van der Waals surface area contributed by atoms with Gasteiger partial charge >= 0.3 is 5.97 Å². The van der Waals surface area contributed by atoms with Gasteiger partial charge in [-0.1, -0.05) is 60.7 Å². The molecule has 0 unspecified atom stereocenters. The van der Waals surface area contributed by atoms with E-state index in [1.54, 1.807) is 66.7 Å². The summed E-state index contributed by atoms with van der Waals surface area (Å²) in [5, 5.41) is 0. The molecule has 0 amide bonds. The Morgan fingerprint density at radius 2 is 1.58 bits per heavy atom. The standard InChI is InChI=1S/C25H18BrNO5S/c1-2-16-27-22(23(28)17-10-4-3-5-11-17)24(19-13-7-9-15-21(19)33(27,30)31)32-25(29)18-12-6-8-14-20(18)26/h2-15H,1,16H2. The topological polar surface area (TPSA) is 80.8 Å². The minimum absolute atomic E-state index is 0.0635. The van der Waals surface area contributed by atoms with Gasteiger partial charge < -0.3 is 4.74 Å². The molecule has 1 heterocycles. The molecule has 0 spiro atoms. The first-order valence-corrected chi connectivity index (χ1v) is 12.1. The van der Waals surface area contributed by atoms with Crippen molar-refractivity contribution >= 4 is 43.5 Å². The summed E-state index contributed by atoms with van der Waals surface area (Å²) in [6.45, 7) is 3.45. The predicted octanol–water partition coefficient (Wildman–Crippen LogP) is 5.05. The largest absolute Gasteiger partial charge is 0.420 e. The highest BCUT2D eigenvalue weighted by Crippen LogP contribution is 2.39. The van der Waals surface area contributed by atoms with Crippen LogP contribution in [0, 0.1) is 0 Å². The van der Waals surface area contributed by atoms with Crippen LogP contribution in [0.25, 0.3) is 5.76 Å². The Kier molecular flexibility index (Phi) is 6.31. The van der Waals surface area contributed by atoms with Gasteiger partial charge in [-0.25, -0.2) is 13.2 Å². The number of hydrogen-bond acceptors (Lipinski definition) is 5. The summed E-state index contributed by atoms with van der Waals surface area (Å²) >= 11 is 3.33. The molecule has 4 rings (SSSR count). The third-order valence-electron chi connectivity index (χ3n) is 5.00. The Morgan fingerprint density at radius 1 is 0.939 bits per heavy atom. The molecule has 6 nitrogen and oxygen atoms in total. The van der Waals surface area contributed by atoms with Crippen LogP contribution in [-0.2, 0) is 14.8 Å². The van der Waals surface area contributed by atoms with Crippen molar-refractivity contribution in [1.29, 1.82) is 0 Å². The smallest absolute Gasteiger partial charge is 0.344 e. The average Bonchev–Trinajstić information content (AvgIpc) is 2.83. The van der Waals surface area contributed by atoms with Crippen LogP contribution in [0.4, 0.5) is 0 Å². The minimum atomic E-state index is -4.11. The molecule has 0 saturated carbocycles. The van der Waals surface area contributed by atoms with Gasteiger partial charge in [0.2, 0.25) is 5.78 Å². The highest BCUT2D eigenvalue weighted by atomic mass is 79.9. The Balaban J connectivity index is 1.98. The molecule has 0 fully saturated rings. The van der Waals surface area contributed by atoms with Gasteiger partial charge in [-0.3, -0.25) is 9.10 Å². The first-order chi connectivity index (χ1) is 15.9. The predicted molar refractivity (Wildman–Crippen MR) is 128 cm³/mol. The fourth-order valence-corrected chi connectivity index (χ4v) is 5.57. The Morgan fingerprint density at radius 3 is 2.27 bits per heavy atom. The van der Waals surface area contributed by atoms with Gasteiger partial charge in [0.05, 0.1) is 17.0 Å². The van der Waals surface area contributed by atoms with Crippen molar-refractivity contribution < 1.29 is 22.7 Å². The number of ether oxygens (including phenoxy) is 1. The number of carbonyl (C=O) groups excluding carboxylic acids is 2. The normalized spacial score (nSPS) is 14.4. The molecule has 0 aliphatic carbocycles. The molecule has 3 aromatic rings. The number of hydrogen-bond donors (Lipinski definition) is 0. The van der Waals surface area contributed by atoms with Crippen molar-refractivity contribution in [2.45, 2.75) is 4.90 Å². The van der Waals surface area contributed by atoms with E-state index in [1.165, 1.54) is 18.2 Å². The second-order valence-corrected chi connectivity index (χ2v) is 9.75. The lowest BCUT2D eigenvalue weighted by atomic mass is 10.0. The van der Waals surface area contributed by atoms with Crippen molar-refractivity contribution in [3.05, 3.63) is 118 Å². The van der Waals surface area contributed by atoms with Gasteiger partial charge in [0.15, 0.2) is 5.76 Å². The van der Waals surface area contributed by atoms with Gasteiger partial charge in [-0.15, -0.1) is 6.58 Å². The fraction of sp³-hybridized carbons (Fsp3) is 0.0400. The fourth-order valence-electron chi connectivity index (χ4n) is 3.49. The SMILES string of the molecule is C=CCN1C(C(=O)c2ccccc2)=C(OC(=O)c2ccccc2Br)c2ccccc2S1(=O)=O. The molecule has 0 atom stereocenters. The number of halogens is 1. The van der Waals surface area contributed by atoms with Gasteiger partial charge in [-0.05, 0) is 40.2 Å². The third kappa shape index (κ3) is 4.15. The maximum absolute atomic E-state index is 13.6. The summed E-state index contributed by atoms with van der Waals surface area (Å²) in [7, 11) is -4.11. The zero-order valence-electron chi connectivity index (χ0n) is 17.3. The van der Waals surface area contributed by atoms with Crippen LogP contribution in [0.3, 0.4) is 0 Å². The van der Waals surface area contributed by atoms with Crippen LogP contribution in [0.2, 0.25) is 0 Å². The lowest BCUT2D eigenvalue weighted by Crippen LogP contribution is -2.38. The van der Waals surface area contributed by atoms with E-state index in [-0.39, 0.29) is 39.6 Å². The van der Waals surface area contributed by atoms with Crippen LogP contribution in [0.15, 0.2) is 107 Å². The molecule has 0 radical (unpaired) electrons. The van der Waals surface area contributed by atoms with Gasteiger partial charge in [0.25, 0.3) is 10.0 Å². The average molecular weight is 524 g/mol. The molecule has 3 aromatic carbocycles. The first kappa shape index (κ1) is 22.7. The van der Waals surface area contributed by atoms with E-state index in [1.807, 2.05) is 0 Å². The number of benzene rings is 3. The number of fused-ring (bicyclic) bond motifs is 1. The van der Waals surface area contributed by atoms with E-state index >= 15 is 0 Å². The lowest BCUT2D eigenvalue weighted by molar-refractivity contribution is 0.0685. The molecular weight excluding hydrogens is 506 g/mol. The van der Waals surface area contributed by atoms with Crippen LogP contribution >= 0.6 is 15.9 Å². The Labute approximate surface area is 200 Å². The van der Waals surface area contributed by atoms with Crippen LogP contribution < -0.4 is 0 Å². The molecule has 166 valence electrons. The van der Waals surface area contributed by atoms with E-state index < -0.39 is 21.8 Å². The van der Waals surface area contributed by atoms with E-state index in [9.17, 15) is 18.0 Å². The van der Waals surface area contributed by atoms with Gasteiger partial charge in [0, 0.05) is 15.6 Å². The zero-order valence-corrected chi connectivity index (χ0v) is 19.7. The number of esters is 1. The summed E-state index contributed by atoms with van der Waals surface area (Å²) in [5.41, 5.74) is 0.376. The van der Waals surface area contributed by atoms with E-state index in [0.29, 0.717) is 4.47 Å². The number of Topliss-reactive ketones (excluding diaryl/α,β-unsaturated/α-hetero) is 1. The van der Waals surface area contributed by atoms with E-state index in [4.69, 9.17) is 4.74 Å². The number of nitrogens with zero attached hydrogens (tertiary/aromatic N) is 1. The maximum atomic E-state index is 13.6.